The third kappa shape index (κ3) is 4.35. The predicted octanol–water partition coefficient (Wildman–Crippen LogP) is 0.661. The highest BCUT2D eigenvalue weighted by atomic mass is 35.5. The SMILES string of the molecule is CC(C)C[C@H](N)C(=O)NC1CC(=O)N(C2CC2)C1.Cl. The lowest BCUT2D eigenvalue weighted by atomic mass is 10.0. The molecule has 19 heavy (non-hydrogen) atoms. The smallest absolute Gasteiger partial charge is 0.237 e. The molecule has 1 heterocycles. The molecule has 1 unspecified atom stereocenters. The van der Waals surface area contributed by atoms with Crippen LogP contribution in [0.25, 0.3) is 0 Å². The summed E-state index contributed by atoms with van der Waals surface area (Å²) in [7, 11) is 0. The van der Waals surface area contributed by atoms with Crippen LogP contribution in [-0.2, 0) is 9.59 Å². The second-order valence-corrected chi connectivity index (χ2v) is 5.92. The monoisotopic (exact) mass is 289 g/mol. The van der Waals surface area contributed by atoms with Crippen LogP contribution < -0.4 is 11.1 Å². The molecule has 1 aliphatic heterocycles. The molecular weight excluding hydrogens is 266 g/mol. The quantitative estimate of drug-likeness (QED) is 0.781. The first kappa shape index (κ1) is 16.2. The number of amides is 2. The second-order valence-electron chi connectivity index (χ2n) is 5.92. The zero-order valence-electron chi connectivity index (χ0n) is 11.6. The molecule has 0 radical (unpaired) electrons. The number of nitrogens with two attached hydrogens (primary N) is 1. The van der Waals surface area contributed by atoms with E-state index in [0.29, 0.717) is 31.3 Å². The summed E-state index contributed by atoms with van der Waals surface area (Å²) in [6.45, 7) is 4.74. The zero-order chi connectivity index (χ0) is 13.3. The number of nitrogens with one attached hydrogen (secondary N) is 1. The number of hydrogen-bond donors (Lipinski definition) is 2. The molecule has 2 atom stereocenters. The van der Waals surface area contributed by atoms with Gasteiger partial charge in [0.25, 0.3) is 0 Å². The molecule has 1 aliphatic carbocycles. The number of carbonyl (C=O) groups is 2. The van der Waals surface area contributed by atoms with Crippen molar-refractivity contribution in [3.63, 3.8) is 0 Å². The Kier molecular flexibility index (Phi) is 5.62. The molecule has 0 bridgehead atoms. The van der Waals surface area contributed by atoms with Crippen LogP contribution in [0.5, 0.6) is 0 Å². The lowest BCUT2D eigenvalue weighted by Gasteiger charge is -2.19. The van der Waals surface area contributed by atoms with Crippen LogP contribution in [-0.4, -0.2) is 41.4 Å². The van der Waals surface area contributed by atoms with Gasteiger partial charge < -0.3 is 16.0 Å². The van der Waals surface area contributed by atoms with Gasteiger partial charge in [-0.3, -0.25) is 9.59 Å². The van der Waals surface area contributed by atoms with Gasteiger partial charge in [-0.25, -0.2) is 0 Å². The Hall–Kier alpha value is -0.810. The van der Waals surface area contributed by atoms with Gasteiger partial charge in [0.1, 0.15) is 0 Å². The number of likely N-dealkylation sites (tertiary alicyclic amines) is 1. The molecule has 6 heteroatoms. The third-order valence-electron chi connectivity index (χ3n) is 3.55. The molecule has 0 aromatic carbocycles. The van der Waals surface area contributed by atoms with Crippen molar-refractivity contribution in [1.29, 1.82) is 0 Å². The Morgan fingerprint density at radius 1 is 1.47 bits per heavy atom. The topological polar surface area (TPSA) is 75.4 Å². The summed E-state index contributed by atoms with van der Waals surface area (Å²) in [5.74, 6) is 0.443. The van der Waals surface area contributed by atoms with Crippen molar-refractivity contribution in [3.8, 4) is 0 Å². The van der Waals surface area contributed by atoms with E-state index in [2.05, 4.69) is 5.32 Å². The first-order valence-corrected chi connectivity index (χ1v) is 6.82. The highest BCUT2D eigenvalue weighted by Crippen LogP contribution is 2.30. The minimum atomic E-state index is -0.463. The molecule has 2 fully saturated rings. The van der Waals surface area contributed by atoms with E-state index < -0.39 is 6.04 Å². The summed E-state index contributed by atoms with van der Waals surface area (Å²) in [6.07, 6.45) is 3.33. The van der Waals surface area contributed by atoms with E-state index in [1.54, 1.807) is 0 Å². The Bertz CT molecular complexity index is 345. The molecule has 5 nitrogen and oxygen atoms in total. The predicted molar refractivity (Wildman–Crippen MR) is 76.0 cm³/mol. The summed E-state index contributed by atoms with van der Waals surface area (Å²) >= 11 is 0. The molecule has 1 saturated carbocycles. The number of rotatable bonds is 5. The first-order chi connectivity index (χ1) is 8.47. The maximum absolute atomic E-state index is 11.9. The van der Waals surface area contributed by atoms with Gasteiger partial charge in [-0.15, -0.1) is 12.4 Å². The van der Waals surface area contributed by atoms with Crippen molar-refractivity contribution in [3.05, 3.63) is 0 Å². The Labute approximate surface area is 120 Å². The van der Waals surface area contributed by atoms with Crippen molar-refractivity contribution in [2.75, 3.05) is 6.54 Å². The molecule has 0 aromatic heterocycles. The number of halogens is 1. The Morgan fingerprint density at radius 2 is 2.11 bits per heavy atom. The maximum atomic E-state index is 11.9. The lowest BCUT2D eigenvalue weighted by Crippen LogP contribution is -2.46. The highest BCUT2D eigenvalue weighted by molar-refractivity contribution is 5.85. The van der Waals surface area contributed by atoms with Crippen molar-refractivity contribution >= 4 is 24.2 Å². The fourth-order valence-corrected chi connectivity index (χ4v) is 2.49. The van der Waals surface area contributed by atoms with Gasteiger partial charge in [0.05, 0.1) is 12.1 Å². The van der Waals surface area contributed by atoms with Crippen LogP contribution >= 0.6 is 12.4 Å². The molecule has 2 amide bonds. The van der Waals surface area contributed by atoms with Gasteiger partial charge in [0.15, 0.2) is 0 Å². The Balaban J connectivity index is 0.00000180. The Morgan fingerprint density at radius 3 is 2.63 bits per heavy atom. The fourth-order valence-electron chi connectivity index (χ4n) is 2.49. The molecule has 2 rings (SSSR count). The van der Waals surface area contributed by atoms with Gasteiger partial charge in [0.2, 0.25) is 11.8 Å². The van der Waals surface area contributed by atoms with Crippen molar-refractivity contribution < 1.29 is 9.59 Å². The molecule has 110 valence electrons. The third-order valence-corrected chi connectivity index (χ3v) is 3.55. The van der Waals surface area contributed by atoms with Crippen LogP contribution in [0.4, 0.5) is 0 Å². The highest BCUT2D eigenvalue weighted by Gasteiger charge is 2.39. The van der Waals surface area contributed by atoms with E-state index in [-0.39, 0.29) is 30.3 Å². The van der Waals surface area contributed by atoms with E-state index in [1.165, 1.54) is 0 Å². The van der Waals surface area contributed by atoms with E-state index >= 15 is 0 Å². The number of carbonyl (C=O) groups excluding carboxylic acids is 2. The fraction of sp³-hybridized carbons (Fsp3) is 0.846. The molecule has 0 spiro atoms. The largest absolute Gasteiger partial charge is 0.350 e. The van der Waals surface area contributed by atoms with Crippen LogP contribution in [0.2, 0.25) is 0 Å². The summed E-state index contributed by atoms with van der Waals surface area (Å²) < 4.78 is 0. The molecule has 3 N–H and O–H groups in total. The van der Waals surface area contributed by atoms with Crippen molar-refractivity contribution in [2.45, 2.75) is 57.7 Å². The van der Waals surface area contributed by atoms with Gasteiger partial charge in [-0.05, 0) is 25.2 Å². The summed E-state index contributed by atoms with van der Waals surface area (Å²) in [6, 6.07) is -0.0809. The summed E-state index contributed by atoms with van der Waals surface area (Å²) in [5, 5.41) is 2.90. The van der Waals surface area contributed by atoms with Crippen molar-refractivity contribution in [1.82, 2.24) is 10.2 Å². The van der Waals surface area contributed by atoms with Gasteiger partial charge in [0, 0.05) is 19.0 Å². The lowest BCUT2D eigenvalue weighted by molar-refractivity contribution is -0.128. The van der Waals surface area contributed by atoms with E-state index in [9.17, 15) is 9.59 Å². The minimum absolute atomic E-state index is 0. The second kappa shape index (κ2) is 6.57. The summed E-state index contributed by atoms with van der Waals surface area (Å²) in [5.41, 5.74) is 5.83. The molecule has 1 saturated heterocycles. The van der Waals surface area contributed by atoms with Crippen molar-refractivity contribution in [2.24, 2.45) is 11.7 Å². The average Bonchev–Trinajstić information content (AvgIpc) is 3.03. The van der Waals surface area contributed by atoms with Gasteiger partial charge in [-0.1, -0.05) is 13.8 Å². The van der Waals surface area contributed by atoms with Gasteiger partial charge >= 0.3 is 0 Å². The number of hydrogen-bond acceptors (Lipinski definition) is 3. The van der Waals surface area contributed by atoms with Crippen LogP contribution in [0.15, 0.2) is 0 Å². The van der Waals surface area contributed by atoms with E-state index in [0.717, 1.165) is 12.8 Å². The van der Waals surface area contributed by atoms with Crippen LogP contribution in [0.3, 0.4) is 0 Å². The van der Waals surface area contributed by atoms with E-state index in [4.69, 9.17) is 5.73 Å². The van der Waals surface area contributed by atoms with Crippen LogP contribution in [0.1, 0.15) is 39.5 Å². The van der Waals surface area contributed by atoms with Crippen LogP contribution in [0, 0.1) is 5.92 Å². The normalized spacial score (nSPS) is 24.3. The van der Waals surface area contributed by atoms with Gasteiger partial charge in [-0.2, -0.15) is 0 Å². The molecular formula is C13H24ClN3O2. The van der Waals surface area contributed by atoms with E-state index in [1.807, 2.05) is 18.7 Å². The number of nitrogens with zero attached hydrogens (tertiary/aromatic N) is 1. The minimum Gasteiger partial charge on any atom is -0.350 e. The summed E-state index contributed by atoms with van der Waals surface area (Å²) in [4.78, 5) is 25.5. The molecule has 2 aliphatic rings. The standard InChI is InChI=1S/C13H23N3O2.ClH/c1-8(2)5-11(14)13(18)15-9-6-12(17)16(7-9)10-3-4-10;/h8-11H,3-7,14H2,1-2H3,(H,15,18);1H/t9?,11-;/m0./s1. The zero-order valence-corrected chi connectivity index (χ0v) is 12.4. The molecule has 0 aromatic rings. The maximum Gasteiger partial charge on any atom is 0.237 e. The average molecular weight is 290 g/mol. The first-order valence-electron chi connectivity index (χ1n) is 6.82.